The van der Waals surface area contributed by atoms with E-state index < -0.39 is 12.2 Å². The first-order valence-corrected chi connectivity index (χ1v) is 5.72. The lowest BCUT2D eigenvalue weighted by molar-refractivity contribution is 0.0330. The van der Waals surface area contributed by atoms with Gasteiger partial charge in [-0.25, -0.2) is 0 Å². The van der Waals surface area contributed by atoms with Crippen LogP contribution in [0.15, 0.2) is 12.1 Å². The molecule has 0 spiro atoms. The number of aliphatic hydroxyl groups excluding tert-OH is 2. The third-order valence-corrected chi connectivity index (χ3v) is 3.00. The van der Waals surface area contributed by atoms with E-state index in [0.717, 1.165) is 16.7 Å². The van der Waals surface area contributed by atoms with Gasteiger partial charge in [0.1, 0.15) is 6.10 Å². The Kier molecular flexibility index (Phi) is 4.46. The first-order valence-electron chi connectivity index (χ1n) is 4.71. The van der Waals surface area contributed by atoms with Crippen LogP contribution in [-0.4, -0.2) is 22.1 Å². The number of hydrogen-bond donors (Lipinski definition) is 3. The molecule has 84 valence electrons. The fraction of sp³-hybridized carbons (Fsp3) is 0.455. The third-order valence-electron chi connectivity index (χ3n) is 2.41. The minimum atomic E-state index is -0.903. The SMILES string of the molecule is Cc1cc(Cl)cc(C)c1C(O)C(O)CS. The van der Waals surface area contributed by atoms with Crippen LogP contribution in [-0.2, 0) is 0 Å². The summed E-state index contributed by atoms with van der Waals surface area (Å²) in [4.78, 5) is 0. The molecule has 0 aliphatic rings. The fourth-order valence-electron chi connectivity index (χ4n) is 1.68. The molecule has 2 N–H and O–H groups in total. The molecule has 1 aromatic carbocycles. The van der Waals surface area contributed by atoms with E-state index in [1.807, 2.05) is 13.8 Å². The van der Waals surface area contributed by atoms with Crippen LogP contribution in [0, 0.1) is 13.8 Å². The minimum Gasteiger partial charge on any atom is -0.389 e. The molecule has 0 saturated carbocycles. The van der Waals surface area contributed by atoms with Crippen LogP contribution >= 0.6 is 24.2 Å². The van der Waals surface area contributed by atoms with E-state index in [-0.39, 0.29) is 5.75 Å². The summed E-state index contributed by atoms with van der Waals surface area (Å²) < 4.78 is 0. The van der Waals surface area contributed by atoms with Crippen molar-refractivity contribution in [2.75, 3.05) is 5.75 Å². The van der Waals surface area contributed by atoms with Gasteiger partial charge >= 0.3 is 0 Å². The second-order valence-electron chi connectivity index (χ2n) is 3.65. The number of halogens is 1. The molecular formula is C11H15ClO2S. The standard InChI is InChI=1S/C11H15ClO2S/c1-6-3-8(12)4-7(2)10(6)11(14)9(13)5-15/h3-4,9,11,13-15H,5H2,1-2H3. The molecule has 1 rings (SSSR count). The Labute approximate surface area is 100 Å². The molecule has 15 heavy (non-hydrogen) atoms. The molecule has 4 heteroatoms. The Balaban J connectivity index is 3.13. The maximum Gasteiger partial charge on any atom is 0.106 e. The first kappa shape index (κ1) is 12.8. The van der Waals surface area contributed by atoms with Crippen molar-refractivity contribution in [3.63, 3.8) is 0 Å². The molecule has 0 heterocycles. The zero-order valence-corrected chi connectivity index (χ0v) is 10.4. The average Bonchev–Trinajstić information content (AvgIpc) is 2.14. The van der Waals surface area contributed by atoms with Gasteiger partial charge in [0.15, 0.2) is 0 Å². The van der Waals surface area contributed by atoms with Gasteiger partial charge in [-0.3, -0.25) is 0 Å². The highest BCUT2D eigenvalue weighted by molar-refractivity contribution is 7.80. The summed E-state index contributed by atoms with van der Waals surface area (Å²) in [5.41, 5.74) is 2.50. The van der Waals surface area contributed by atoms with Crippen LogP contribution < -0.4 is 0 Å². The fourth-order valence-corrected chi connectivity index (χ4v) is 2.21. The van der Waals surface area contributed by atoms with E-state index in [2.05, 4.69) is 12.6 Å². The number of benzene rings is 1. The van der Waals surface area contributed by atoms with Gasteiger partial charge in [0.05, 0.1) is 6.10 Å². The number of hydrogen-bond acceptors (Lipinski definition) is 3. The summed E-state index contributed by atoms with van der Waals surface area (Å²) >= 11 is 9.84. The Hall–Kier alpha value is -0.220. The third kappa shape index (κ3) is 2.88. The van der Waals surface area contributed by atoms with Crippen molar-refractivity contribution in [2.24, 2.45) is 0 Å². The smallest absolute Gasteiger partial charge is 0.106 e. The number of thiol groups is 1. The van der Waals surface area contributed by atoms with Gasteiger partial charge in [0.2, 0.25) is 0 Å². The van der Waals surface area contributed by atoms with Crippen molar-refractivity contribution in [1.82, 2.24) is 0 Å². The molecule has 0 aromatic heterocycles. The highest BCUT2D eigenvalue weighted by Crippen LogP contribution is 2.27. The lowest BCUT2D eigenvalue weighted by Gasteiger charge is -2.20. The van der Waals surface area contributed by atoms with Crippen molar-refractivity contribution < 1.29 is 10.2 Å². The van der Waals surface area contributed by atoms with Crippen molar-refractivity contribution >= 4 is 24.2 Å². The normalized spacial score (nSPS) is 15.1. The van der Waals surface area contributed by atoms with Gasteiger partial charge in [-0.05, 0) is 42.7 Å². The van der Waals surface area contributed by atoms with E-state index in [1.165, 1.54) is 0 Å². The molecule has 0 radical (unpaired) electrons. The van der Waals surface area contributed by atoms with E-state index in [4.69, 9.17) is 11.6 Å². The zero-order valence-electron chi connectivity index (χ0n) is 8.74. The Morgan fingerprint density at radius 1 is 1.27 bits per heavy atom. The molecule has 0 saturated heterocycles. The van der Waals surface area contributed by atoms with E-state index in [1.54, 1.807) is 12.1 Å². The summed E-state index contributed by atoms with van der Waals surface area (Å²) in [6.07, 6.45) is -1.76. The summed E-state index contributed by atoms with van der Waals surface area (Å²) in [7, 11) is 0. The molecule has 0 fully saturated rings. The van der Waals surface area contributed by atoms with Gasteiger partial charge in [0.25, 0.3) is 0 Å². The van der Waals surface area contributed by atoms with Crippen molar-refractivity contribution in [2.45, 2.75) is 26.1 Å². The Morgan fingerprint density at radius 2 is 1.73 bits per heavy atom. The van der Waals surface area contributed by atoms with Crippen molar-refractivity contribution in [3.05, 3.63) is 33.8 Å². The monoisotopic (exact) mass is 246 g/mol. The topological polar surface area (TPSA) is 40.5 Å². The quantitative estimate of drug-likeness (QED) is 0.717. The van der Waals surface area contributed by atoms with Crippen LogP contribution in [0.25, 0.3) is 0 Å². The van der Waals surface area contributed by atoms with Gasteiger partial charge in [-0.2, -0.15) is 12.6 Å². The van der Waals surface area contributed by atoms with Crippen molar-refractivity contribution in [1.29, 1.82) is 0 Å². The number of rotatable bonds is 3. The molecule has 2 unspecified atom stereocenters. The molecule has 2 atom stereocenters. The Bertz CT molecular complexity index is 331. The highest BCUT2D eigenvalue weighted by atomic mass is 35.5. The maximum absolute atomic E-state index is 9.90. The van der Waals surface area contributed by atoms with Gasteiger partial charge in [0, 0.05) is 10.8 Å². The Morgan fingerprint density at radius 3 is 2.13 bits per heavy atom. The minimum absolute atomic E-state index is 0.225. The van der Waals surface area contributed by atoms with Crippen LogP contribution in [0.3, 0.4) is 0 Å². The molecule has 0 bridgehead atoms. The lowest BCUT2D eigenvalue weighted by atomic mass is 9.95. The van der Waals surface area contributed by atoms with Gasteiger partial charge < -0.3 is 10.2 Å². The van der Waals surface area contributed by atoms with Gasteiger partial charge in [-0.15, -0.1) is 0 Å². The highest BCUT2D eigenvalue weighted by Gasteiger charge is 2.20. The van der Waals surface area contributed by atoms with E-state index in [9.17, 15) is 10.2 Å². The van der Waals surface area contributed by atoms with E-state index >= 15 is 0 Å². The molecule has 0 aliphatic carbocycles. The summed E-state index contributed by atoms with van der Waals surface area (Å²) in [6.45, 7) is 3.73. The second kappa shape index (κ2) is 5.21. The predicted octanol–water partition coefficient (Wildman–Crippen LogP) is 2.28. The molecule has 2 nitrogen and oxygen atoms in total. The first-order chi connectivity index (χ1) is 6.97. The molecule has 1 aromatic rings. The number of aliphatic hydroxyl groups is 2. The van der Waals surface area contributed by atoms with Crippen LogP contribution in [0.2, 0.25) is 5.02 Å². The summed E-state index contributed by atoms with van der Waals surface area (Å²) in [6, 6.07) is 3.55. The van der Waals surface area contributed by atoms with E-state index in [0.29, 0.717) is 5.02 Å². The predicted molar refractivity (Wildman–Crippen MR) is 65.7 cm³/mol. The van der Waals surface area contributed by atoms with Crippen LogP contribution in [0.5, 0.6) is 0 Å². The lowest BCUT2D eigenvalue weighted by Crippen LogP contribution is -2.21. The molecule has 0 aliphatic heterocycles. The van der Waals surface area contributed by atoms with Gasteiger partial charge in [-0.1, -0.05) is 11.6 Å². The largest absolute Gasteiger partial charge is 0.389 e. The van der Waals surface area contributed by atoms with Crippen LogP contribution in [0.1, 0.15) is 22.8 Å². The molecular weight excluding hydrogens is 232 g/mol. The molecule has 0 amide bonds. The van der Waals surface area contributed by atoms with Crippen LogP contribution in [0.4, 0.5) is 0 Å². The average molecular weight is 247 g/mol. The van der Waals surface area contributed by atoms with Crippen molar-refractivity contribution in [3.8, 4) is 0 Å². The summed E-state index contributed by atoms with van der Waals surface area (Å²) in [5.74, 6) is 0.225. The maximum atomic E-state index is 9.90. The number of aryl methyl sites for hydroxylation is 2. The summed E-state index contributed by atoms with van der Waals surface area (Å²) in [5, 5.41) is 20.1. The zero-order chi connectivity index (χ0) is 11.6. The second-order valence-corrected chi connectivity index (χ2v) is 4.45.